The Bertz CT molecular complexity index is 438. The third-order valence-corrected chi connectivity index (χ3v) is 4.63. The molecule has 1 amide bonds. The zero-order chi connectivity index (χ0) is 14.5. The third kappa shape index (κ3) is 3.79. The molecule has 0 aromatic carbocycles. The predicted molar refractivity (Wildman–Crippen MR) is 83.0 cm³/mol. The largest absolute Gasteiger partial charge is 0.334 e. The van der Waals surface area contributed by atoms with Gasteiger partial charge in [-0.15, -0.1) is 11.3 Å². The number of aromatic nitrogens is 1. The van der Waals surface area contributed by atoms with E-state index in [0.717, 1.165) is 30.8 Å². The smallest absolute Gasteiger partial charge is 0.273 e. The summed E-state index contributed by atoms with van der Waals surface area (Å²) in [5.74, 6) is 0.590. The second kappa shape index (κ2) is 7.18. The first-order valence-electron chi connectivity index (χ1n) is 7.57. The van der Waals surface area contributed by atoms with Gasteiger partial charge in [0.25, 0.3) is 5.91 Å². The molecule has 1 aliphatic carbocycles. The Morgan fingerprint density at radius 2 is 2.20 bits per heavy atom. The molecule has 20 heavy (non-hydrogen) atoms. The number of carbonyl (C=O) groups excluding carboxylic acids is 1. The van der Waals surface area contributed by atoms with Gasteiger partial charge in [-0.25, -0.2) is 4.98 Å². The van der Waals surface area contributed by atoms with Crippen molar-refractivity contribution in [2.24, 2.45) is 11.7 Å². The Morgan fingerprint density at radius 3 is 2.80 bits per heavy atom. The highest BCUT2D eigenvalue weighted by Crippen LogP contribution is 2.26. The monoisotopic (exact) mass is 295 g/mol. The number of carbonyl (C=O) groups is 1. The number of nitrogens with zero attached hydrogens (tertiary/aromatic N) is 2. The van der Waals surface area contributed by atoms with E-state index in [9.17, 15) is 4.79 Å². The quantitative estimate of drug-likeness (QED) is 0.878. The average Bonchev–Trinajstić information content (AvgIpc) is 3.06. The molecule has 2 N–H and O–H groups in total. The third-order valence-electron chi connectivity index (χ3n) is 3.72. The van der Waals surface area contributed by atoms with Crippen LogP contribution in [0.2, 0.25) is 0 Å². The molecule has 2 rings (SSSR count). The fourth-order valence-corrected chi connectivity index (χ4v) is 3.59. The number of hydrogen-bond acceptors (Lipinski definition) is 4. The van der Waals surface area contributed by atoms with Crippen molar-refractivity contribution in [2.75, 3.05) is 13.1 Å². The van der Waals surface area contributed by atoms with Crippen LogP contribution in [0.5, 0.6) is 0 Å². The predicted octanol–water partition coefficient (Wildman–Crippen LogP) is 2.69. The Labute approximate surface area is 125 Å². The molecule has 4 nitrogen and oxygen atoms in total. The normalized spacial score (nSPS) is 16.0. The molecule has 0 aliphatic heterocycles. The van der Waals surface area contributed by atoms with Crippen LogP contribution in [-0.2, 0) is 6.42 Å². The average molecular weight is 295 g/mol. The van der Waals surface area contributed by atoms with Gasteiger partial charge >= 0.3 is 0 Å². The highest BCUT2D eigenvalue weighted by atomic mass is 32.1. The van der Waals surface area contributed by atoms with Crippen molar-refractivity contribution in [3.8, 4) is 0 Å². The molecule has 0 atom stereocenters. The van der Waals surface area contributed by atoms with Crippen LogP contribution in [0.4, 0.5) is 0 Å². The van der Waals surface area contributed by atoms with Crippen LogP contribution in [0.1, 0.15) is 55.0 Å². The highest BCUT2D eigenvalue weighted by Gasteiger charge is 2.29. The highest BCUT2D eigenvalue weighted by molar-refractivity contribution is 7.09. The van der Waals surface area contributed by atoms with Gasteiger partial charge in [0.05, 0.1) is 5.01 Å². The SMILES string of the molecule is CC(C)CN(C(=O)c1csc(CCN)n1)C1CCCC1. The van der Waals surface area contributed by atoms with Crippen molar-refractivity contribution in [1.29, 1.82) is 0 Å². The van der Waals surface area contributed by atoms with Gasteiger partial charge in [-0.3, -0.25) is 4.79 Å². The van der Waals surface area contributed by atoms with Gasteiger partial charge in [-0.1, -0.05) is 26.7 Å². The van der Waals surface area contributed by atoms with Crippen molar-refractivity contribution in [3.63, 3.8) is 0 Å². The van der Waals surface area contributed by atoms with E-state index in [1.807, 2.05) is 5.38 Å². The van der Waals surface area contributed by atoms with Crippen molar-refractivity contribution >= 4 is 17.2 Å². The molecular formula is C15H25N3OS. The van der Waals surface area contributed by atoms with Gasteiger partial charge in [0.2, 0.25) is 0 Å². The van der Waals surface area contributed by atoms with E-state index in [-0.39, 0.29) is 5.91 Å². The topological polar surface area (TPSA) is 59.2 Å². The number of nitrogens with two attached hydrogens (primary N) is 1. The Balaban J connectivity index is 2.11. The second-order valence-electron chi connectivity index (χ2n) is 5.95. The van der Waals surface area contributed by atoms with E-state index in [4.69, 9.17) is 5.73 Å². The summed E-state index contributed by atoms with van der Waals surface area (Å²) < 4.78 is 0. The molecule has 5 heteroatoms. The van der Waals surface area contributed by atoms with E-state index in [2.05, 4.69) is 23.7 Å². The van der Waals surface area contributed by atoms with E-state index < -0.39 is 0 Å². The molecule has 0 radical (unpaired) electrons. The Hall–Kier alpha value is -0.940. The lowest BCUT2D eigenvalue weighted by Gasteiger charge is -2.30. The van der Waals surface area contributed by atoms with Crippen molar-refractivity contribution in [2.45, 2.75) is 52.0 Å². The fourth-order valence-electron chi connectivity index (χ4n) is 2.80. The number of amides is 1. The lowest BCUT2D eigenvalue weighted by molar-refractivity contribution is 0.0650. The summed E-state index contributed by atoms with van der Waals surface area (Å²) in [5, 5.41) is 2.85. The van der Waals surface area contributed by atoms with E-state index in [1.165, 1.54) is 12.8 Å². The number of hydrogen-bond donors (Lipinski definition) is 1. The zero-order valence-electron chi connectivity index (χ0n) is 12.5. The first-order valence-corrected chi connectivity index (χ1v) is 8.45. The lowest BCUT2D eigenvalue weighted by Crippen LogP contribution is -2.41. The maximum Gasteiger partial charge on any atom is 0.273 e. The van der Waals surface area contributed by atoms with Gasteiger partial charge in [-0.2, -0.15) is 0 Å². The van der Waals surface area contributed by atoms with E-state index >= 15 is 0 Å². The summed E-state index contributed by atoms with van der Waals surface area (Å²) in [5.41, 5.74) is 6.15. The number of rotatable bonds is 6. The molecule has 0 saturated heterocycles. The zero-order valence-corrected chi connectivity index (χ0v) is 13.3. The van der Waals surface area contributed by atoms with Gasteiger partial charge in [-0.05, 0) is 25.3 Å². The lowest BCUT2D eigenvalue weighted by atomic mass is 10.1. The second-order valence-corrected chi connectivity index (χ2v) is 6.90. The molecule has 0 spiro atoms. The molecule has 0 unspecified atom stereocenters. The summed E-state index contributed by atoms with van der Waals surface area (Å²) in [4.78, 5) is 19.2. The van der Waals surface area contributed by atoms with E-state index in [1.54, 1.807) is 11.3 Å². The summed E-state index contributed by atoms with van der Waals surface area (Å²) in [7, 11) is 0. The van der Waals surface area contributed by atoms with Crippen LogP contribution in [0, 0.1) is 5.92 Å². The Morgan fingerprint density at radius 1 is 1.50 bits per heavy atom. The first kappa shape index (κ1) is 15.4. The van der Waals surface area contributed by atoms with Crippen LogP contribution in [0.25, 0.3) is 0 Å². The summed E-state index contributed by atoms with van der Waals surface area (Å²) >= 11 is 1.54. The van der Waals surface area contributed by atoms with Gasteiger partial charge in [0.15, 0.2) is 0 Å². The van der Waals surface area contributed by atoms with Crippen LogP contribution in [-0.4, -0.2) is 34.9 Å². The first-order chi connectivity index (χ1) is 9.61. The van der Waals surface area contributed by atoms with Crippen LogP contribution in [0.15, 0.2) is 5.38 Å². The number of thiazole rings is 1. The van der Waals surface area contributed by atoms with Crippen LogP contribution >= 0.6 is 11.3 Å². The van der Waals surface area contributed by atoms with Crippen molar-refractivity contribution in [3.05, 3.63) is 16.1 Å². The molecular weight excluding hydrogens is 270 g/mol. The minimum Gasteiger partial charge on any atom is -0.334 e. The van der Waals surface area contributed by atoms with Crippen molar-refractivity contribution in [1.82, 2.24) is 9.88 Å². The summed E-state index contributed by atoms with van der Waals surface area (Å²) in [6, 6.07) is 0.407. The van der Waals surface area contributed by atoms with Crippen LogP contribution in [0.3, 0.4) is 0 Å². The molecule has 112 valence electrons. The maximum atomic E-state index is 12.7. The van der Waals surface area contributed by atoms with E-state index in [0.29, 0.717) is 24.2 Å². The summed E-state index contributed by atoms with van der Waals surface area (Å²) in [6.45, 7) is 5.74. The Kier molecular flexibility index (Phi) is 5.54. The van der Waals surface area contributed by atoms with Crippen molar-refractivity contribution < 1.29 is 4.79 Å². The summed E-state index contributed by atoms with van der Waals surface area (Å²) in [6.07, 6.45) is 5.51. The van der Waals surface area contributed by atoms with Gasteiger partial charge in [0.1, 0.15) is 5.69 Å². The minimum atomic E-state index is 0.102. The van der Waals surface area contributed by atoms with Gasteiger partial charge < -0.3 is 10.6 Å². The minimum absolute atomic E-state index is 0.102. The molecule has 1 saturated carbocycles. The maximum absolute atomic E-state index is 12.7. The molecule has 1 aromatic heterocycles. The standard InChI is InChI=1S/C15H25N3OS/c1-11(2)9-18(12-5-3-4-6-12)15(19)13-10-20-14(17-13)7-8-16/h10-12H,3-9,16H2,1-2H3. The molecule has 0 bridgehead atoms. The fraction of sp³-hybridized carbons (Fsp3) is 0.733. The molecule has 1 fully saturated rings. The molecule has 1 aliphatic rings. The van der Waals surface area contributed by atoms with Crippen LogP contribution < -0.4 is 5.73 Å². The molecule has 1 heterocycles. The molecule has 1 aromatic rings. The van der Waals surface area contributed by atoms with Gasteiger partial charge in [0, 0.05) is 24.4 Å².